The molecule has 0 N–H and O–H groups in total. The van der Waals surface area contributed by atoms with E-state index in [-0.39, 0.29) is 10.8 Å². The molecule has 0 spiro atoms. The Labute approximate surface area is 363 Å². The number of hydrogen-bond donors (Lipinski definition) is 0. The van der Waals surface area contributed by atoms with Crippen LogP contribution in [0.5, 0.6) is 0 Å². The molecule has 0 fully saturated rings. The van der Waals surface area contributed by atoms with E-state index in [2.05, 4.69) is 243 Å². The summed E-state index contributed by atoms with van der Waals surface area (Å²) in [5.41, 5.74) is 20.3. The highest BCUT2D eigenvalue weighted by Crippen LogP contribution is 2.62. The third kappa shape index (κ3) is 5.29. The van der Waals surface area contributed by atoms with Crippen molar-refractivity contribution >= 4 is 60.8 Å². The number of rotatable bonds is 6. The summed E-state index contributed by atoms with van der Waals surface area (Å²) in [5, 5.41) is 4.89. The van der Waals surface area contributed by atoms with Gasteiger partial charge in [0.05, 0.1) is 16.7 Å². The summed E-state index contributed by atoms with van der Waals surface area (Å²) in [4.78, 5) is 2.45. The maximum Gasteiger partial charge on any atom is 0.0542 e. The van der Waals surface area contributed by atoms with Crippen molar-refractivity contribution in [2.75, 3.05) is 4.90 Å². The van der Waals surface area contributed by atoms with Gasteiger partial charge in [0.1, 0.15) is 0 Å². The molecule has 2 nitrogen and oxygen atoms in total. The van der Waals surface area contributed by atoms with Gasteiger partial charge in [0.15, 0.2) is 0 Å². The smallest absolute Gasteiger partial charge is 0.0542 e. The molecule has 12 rings (SSSR count). The van der Waals surface area contributed by atoms with Crippen LogP contribution in [0.15, 0.2) is 206 Å². The van der Waals surface area contributed by atoms with Crippen LogP contribution in [0.1, 0.15) is 49.9 Å². The second-order valence-corrected chi connectivity index (χ2v) is 18.1. The number of aromatic nitrogens is 1. The average molecular weight is 795 g/mol. The highest BCUT2D eigenvalue weighted by Gasteiger charge is 2.49. The van der Waals surface area contributed by atoms with Crippen molar-refractivity contribution in [2.24, 2.45) is 0 Å². The molecule has 2 heteroatoms. The highest BCUT2D eigenvalue weighted by molar-refractivity contribution is 6.12. The number of hydrogen-bond acceptors (Lipinski definition) is 1. The van der Waals surface area contributed by atoms with Crippen molar-refractivity contribution < 1.29 is 0 Å². The predicted octanol–water partition coefficient (Wildman–Crippen LogP) is 16.2. The van der Waals surface area contributed by atoms with Crippen molar-refractivity contribution in [1.82, 2.24) is 4.57 Å². The molecule has 10 aromatic rings. The van der Waals surface area contributed by atoms with E-state index in [1.165, 1.54) is 88.2 Å². The second kappa shape index (κ2) is 13.5. The second-order valence-electron chi connectivity index (χ2n) is 18.1. The normalized spacial score (nSPS) is 14.6. The van der Waals surface area contributed by atoms with E-state index in [9.17, 15) is 0 Å². The van der Waals surface area contributed by atoms with Crippen LogP contribution < -0.4 is 4.90 Å². The van der Waals surface area contributed by atoms with Crippen LogP contribution in [0, 0.1) is 0 Å². The molecular formula is C60H46N2. The lowest BCUT2D eigenvalue weighted by molar-refractivity contribution is 0.694. The monoisotopic (exact) mass is 794 g/mol. The molecular weight excluding hydrogens is 749 g/mol. The highest BCUT2D eigenvalue weighted by atomic mass is 15.1. The Bertz CT molecular complexity index is 3440. The van der Waals surface area contributed by atoms with Crippen molar-refractivity contribution in [3.8, 4) is 27.9 Å². The molecule has 0 bridgehead atoms. The molecule has 1 aromatic heterocycles. The van der Waals surface area contributed by atoms with Gasteiger partial charge in [0.2, 0.25) is 0 Å². The number of fused-ring (bicyclic) bond motifs is 8. The fourth-order valence-electron chi connectivity index (χ4n) is 11.1. The summed E-state index contributed by atoms with van der Waals surface area (Å²) in [6, 6.07) is 76.2. The van der Waals surface area contributed by atoms with Crippen molar-refractivity contribution in [1.29, 1.82) is 0 Å². The van der Waals surface area contributed by atoms with Crippen LogP contribution in [0.2, 0.25) is 0 Å². The Morgan fingerprint density at radius 1 is 0.355 bits per heavy atom. The molecule has 0 atom stereocenters. The Morgan fingerprint density at radius 2 is 0.919 bits per heavy atom. The van der Waals surface area contributed by atoms with E-state index < -0.39 is 0 Å². The van der Waals surface area contributed by atoms with Crippen molar-refractivity contribution in [3.63, 3.8) is 0 Å². The zero-order valence-electron chi connectivity index (χ0n) is 35.5. The van der Waals surface area contributed by atoms with Gasteiger partial charge in [-0.25, -0.2) is 0 Å². The Balaban J connectivity index is 1.01. The molecule has 62 heavy (non-hydrogen) atoms. The van der Waals surface area contributed by atoms with E-state index in [0.717, 1.165) is 22.7 Å². The molecule has 296 valence electrons. The number of benzene rings is 9. The summed E-state index contributed by atoms with van der Waals surface area (Å²) in [6.45, 7) is 9.63. The van der Waals surface area contributed by atoms with Gasteiger partial charge >= 0.3 is 0 Å². The van der Waals surface area contributed by atoms with Crippen molar-refractivity contribution in [2.45, 2.75) is 38.5 Å². The molecule has 2 aliphatic rings. The summed E-state index contributed by atoms with van der Waals surface area (Å²) in [5.74, 6) is 0. The lowest BCUT2D eigenvalue weighted by atomic mass is 9.75. The topological polar surface area (TPSA) is 8.17 Å². The Kier molecular flexibility index (Phi) is 7.96. The third-order valence-corrected chi connectivity index (χ3v) is 13.9. The first kappa shape index (κ1) is 36.4. The van der Waals surface area contributed by atoms with E-state index in [1.807, 2.05) is 0 Å². The summed E-state index contributed by atoms with van der Waals surface area (Å²) >= 11 is 0. The number of para-hydroxylation sites is 2. The third-order valence-electron chi connectivity index (χ3n) is 13.9. The fraction of sp³-hybridized carbons (Fsp3) is 0.100. The largest absolute Gasteiger partial charge is 0.310 e. The van der Waals surface area contributed by atoms with Crippen molar-refractivity contribution in [3.05, 3.63) is 229 Å². The van der Waals surface area contributed by atoms with E-state index in [1.54, 1.807) is 0 Å². The van der Waals surface area contributed by atoms with Crippen LogP contribution >= 0.6 is 0 Å². The first-order valence-corrected chi connectivity index (χ1v) is 21.9. The summed E-state index contributed by atoms with van der Waals surface area (Å²) < 4.78 is 2.39. The van der Waals surface area contributed by atoms with Crippen LogP contribution in [0.3, 0.4) is 0 Å². The van der Waals surface area contributed by atoms with E-state index in [4.69, 9.17) is 0 Å². The van der Waals surface area contributed by atoms with Gasteiger partial charge < -0.3 is 9.47 Å². The maximum absolute atomic E-state index is 2.46. The zero-order valence-corrected chi connectivity index (χ0v) is 35.5. The lowest BCUT2D eigenvalue weighted by Gasteiger charge is -2.29. The first-order valence-electron chi connectivity index (χ1n) is 21.9. The molecule has 0 saturated carbocycles. The van der Waals surface area contributed by atoms with Gasteiger partial charge in [-0.2, -0.15) is 0 Å². The molecule has 0 radical (unpaired) electrons. The number of anilines is 3. The van der Waals surface area contributed by atoms with E-state index >= 15 is 0 Å². The average Bonchev–Trinajstić information content (AvgIpc) is 3.87. The van der Waals surface area contributed by atoms with Gasteiger partial charge in [-0.3, -0.25) is 0 Å². The molecule has 2 aliphatic carbocycles. The van der Waals surface area contributed by atoms with Crippen LogP contribution in [-0.4, -0.2) is 4.57 Å². The zero-order chi connectivity index (χ0) is 41.7. The summed E-state index contributed by atoms with van der Waals surface area (Å²) in [6.07, 6.45) is 0. The Morgan fingerprint density at radius 3 is 1.69 bits per heavy atom. The van der Waals surface area contributed by atoms with Gasteiger partial charge in [-0.05, 0) is 122 Å². The first-order chi connectivity index (χ1) is 30.3. The standard InChI is InChI=1S/C60H46N2/c1-59(2)52-25-15-13-24-49(52)57-58(59)50-33-29-41(37-53(50)60(57,3)4)39-27-30-43(31-28-39)61(55-36-34-45(40-17-7-5-8-18-40)46-21-11-12-22-47(46)55)44-32-35-56-51(38-44)48-23-14-16-26-54(48)62(56)42-19-9-6-10-20-42/h5-38H,1-4H3. The molecule has 0 saturated heterocycles. The number of allylic oxidation sites excluding steroid dienone is 2. The van der Waals surface area contributed by atoms with Crippen LogP contribution in [-0.2, 0) is 10.8 Å². The minimum atomic E-state index is -0.101. The molecule has 0 aliphatic heterocycles. The lowest BCUT2D eigenvalue weighted by Crippen LogP contribution is -2.19. The van der Waals surface area contributed by atoms with E-state index in [0.29, 0.717) is 0 Å². The fourth-order valence-corrected chi connectivity index (χ4v) is 11.1. The predicted molar refractivity (Wildman–Crippen MR) is 263 cm³/mol. The molecule has 0 amide bonds. The SMILES string of the molecule is CC1(C)C2=C(c3ccccc31)C(C)(C)c1cc(-c3ccc(N(c4ccc5c(c4)c4ccccc4n5-c4ccccc4)c4ccc(-c5ccccc5)c5ccccc45)cc3)ccc12. The molecule has 0 unspecified atom stereocenters. The van der Waals surface area contributed by atoms with Gasteiger partial charge in [-0.1, -0.05) is 173 Å². The minimum absolute atomic E-state index is 0.0377. The van der Waals surface area contributed by atoms with Gasteiger partial charge in [-0.15, -0.1) is 0 Å². The van der Waals surface area contributed by atoms with Gasteiger partial charge in [0, 0.05) is 44.1 Å². The van der Waals surface area contributed by atoms with Crippen LogP contribution in [0.4, 0.5) is 17.1 Å². The Hall–Kier alpha value is -7.42. The maximum atomic E-state index is 2.46. The minimum Gasteiger partial charge on any atom is -0.310 e. The van der Waals surface area contributed by atoms with Crippen LogP contribution in [0.25, 0.3) is 71.7 Å². The van der Waals surface area contributed by atoms with Gasteiger partial charge in [0.25, 0.3) is 0 Å². The quantitative estimate of drug-likeness (QED) is 0.163. The number of nitrogens with zero attached hydrogens (tertiary/aromatic N) is 2. The molecule has 9 aromatic carbocycles. The molecule has 1 heterocycles. The summed E-state index contributed by atoms with van der Waals surface area (Å²) in [7, 11) is 0.